The smallest absolute Gasteiger partial charge is 0.0560 e. The molecule has 2 aromatic rings. The minimum atomic E-state index is 0.233. The van der Waals surface area contributed by atoms with E-state index in [1.54, 1.807) is 5.57 Å². The molecule has 5 atom stereocenters. The third-order valence-electron chi connectivity index (χ3n) is 11.3. The van der Waals surface area contributed by atoms with Crippen LogP contribution < -0.4 is 4.90 Å². The van der Waals surface area contributed by atoms with Crippen molar-refractivity contribution in [1.29, 1.82) is 0 Å². The van der Waals surface area contributed by atoms with Crippen LogP contribution in [0.3, 0.4) is 0 Å². The van der Waals surface area contributed by atoms with Crippen molar-refractivity contribution in [3.05, 3.63) is 191 Å². The Bertz CT molecular complexity index is 1990. The molecule has 0 N–H and O–H groups in total. The van der Waals surface area contributed by atoms with Gasteiger partial charge in [-0.3, -0.25) is 0 Å². The van der Waals surface area contributed by atoms with Crippen molar-refractivity contribution in [2.45, 2.75) is 44.6 Å². The van der Waals surface area contributed by atoms with E-state index in [1.165, 1.54) is 50.4 Å². The molecule has 0 radical (unpaired) electrons. The molecule has 0 aliphatic heterocycles. The van der Waals surface area contributed by atoms with Crippen molar-refractivity contribution in [2.24, 2.45) is 23.7 Å². The molecule has 0 saturated heterocycles. The van der Waals surface area contributed by atoms with E-state index in [0.29, 0.717) is 23.7 Å². The molecular formula is C47H43N. The molecule has 0 saturated carbocycles. The fourth-order valence-corrected chi connectivity index (χ4v) is 8.67. The Labute approximate surface area is 286 Å². The highest BCUT2D eigenvalue weighted by atomic mass is 15.2. The van der Waals surface area contributed by atoms with Gasteiger partial charge in [0.25, 0.3) is 0 Å². The Morgan fingerprint density at radius 2 is 1.46 bits per heavy atom. The van der Waals surface area contributed by atoms with Gasteiger partial charge in [0.2, 0.25) is 0 Å². The lowest BCUT2D eigenvalue weighted by Crippen LogP contribution is -2.35. The van der Waals surface area contributed by atoms with Gasteiger partial charge >= 0.3 is 0 Å². The molecule has 0 fully saturated rings. The molecular weight excluding hydrogens is 579 g/mol. The number of aryl methyl sites for hydroxylation is 1. The van der Waals surface area contributed by atoms with Gasteiger partial charge in [-0.05, 0) is 107 Å². The molecule has 0 heterocycles. The number of allylic oxidation sites excluding steroid dienone is 20. The van der Waals surface area contributed by atoms with E-state index in [1.807, 2.05) is 0 Å². The van der Waals surface area contributed by atoms with E-state index < -0.39 is 0 Å². The van der Waals surface area contributed by atoms with Gasteiger partial charge in [-0.15, -0.1) is 0 Å². The van der Waals surface area contributed by atoms with Crippen LogP contribution in [0, 0.1) is 23.7 Å². The predicted molar refractivity (Wildman–Crippen MR) is 204 cm³/mol. The standard InChI is InChI=1S/C47H43N/c1-3-11-37-29-41(19-17-33(37)9-1)35-21-25-44(26-22-35)48(47-32-40-14-6-5-13-39(40)31-43-15-7-8-16-46(43)47)45-27-23-36(24-28-45)42-20-18-34-10-2-4-12-38(34)30-42/h1,3-7,9,11-15,17-27,29-30,32-33,37,39,43,45H,2,8,10,16,28,31H2/t33?,37?,39?,43-,45?/m1/s1. The SMILES string of the molecule is C1=CC2=CC(N(c3ccc(C4=CC5C=CC=CC5C=C4)cc3)C3C=CC(c4ccc5c(c4)C=CCC5)=CC3)=C3CCC=C[C@@H]3CC2C=C1. The molecule has 2 aromatic carbocycles. The summed E-state index contributed by atoms with van der Waals surface area (Å²) in [5.74, 6) is 1.85. The quantitative estimate of drug-likeness (QED) is 0.300. The third kappa shape index (κ3) is 5.56. The maximum Gasteiger partial charge on any atom is 0.0560 e. The summed E-state index contributed by atoms with van der Waals surface area (Å²) >= 11 is 0. The number of nitrogens with zero attached hydrogens (tertiary/aromatic N) is 1. The topological polar surface area (TPSA) is 3.24 Å². The van der Waals surface area contributed by atoms with Crippen LogP contribution in [0.15, 0.2) is 169 Å². The second kappa shape index (κ2) is 12.6. The van der Waals surface area contributed by atoms with Crippen LogP contribution in [0.2, 0.25) is 0 Å². The van der Waals surface area contributed by atoms with Crippen LogP contribution in [0.1, 0.15) is 54.4 Å². The van der Waals surface area contributed by atoms with Gasteiger partial charge in [0.15, 0.2) is 0 Å². The van der Waals surface area contributed by atoms with Crippen LogP contribution in [0.25, 0.3) is 17.2 Å². The van der Waals surface area contributed by atoms with E-state index in [0.717, 1.165) is 38.5 Å². The van der Waals surface area contributed by atoms with Crippen molar-refractivity contribution in [2.75, 3.05) is 4.90 Å². The van der Waals surface area contributed by atoms with Crippen LogP contribution in [-0.4, -0.2) is 6.04 Å². The first-order valence-electron chi connectivity index (χ1n) is 18.1. The number of hydrogen-bond acceptors (Lipinski definition) is 1. The molecule has 7 aliphatic rings. The summed E-state index contributed by atoms with van der Waals surface area (Å²) in [6.07, 6.45) is 51.3. The monoisotopic (exact) mass is 621 g/mol. The number of hydrogen-bond donors (Lipinski definition) is 0. The highest BCUT2D eigenvalue weighted by Gasteiger charge is 2.32. The molecule has 0 spiro atoms. The first-order valence-corrected chi connectivity index (χ1v) is 18.1. The fourth-order valence-electron chi connectivity index (χ4n) is 8.67. The number of rotatable bonds is 5. The number of fused-ring (bicyclic) bond motifs is 4. The Hall–Kier alpha value is -4.88. The van der Waals surface area contributed by atoms with Crippen LogP contribution >= 0.6 is 0 Å². The van der Waals surface area contributed by atoms with Crippen molar-refractivity contribution >= 4 is 22.9 Å². The van der Waals surface area contributed by atoms with Crippen LogP contribution in [-0.2, 0) is 6.42 Å². The second-order valence-electron chi connectivity index (χ2n) is 14.2. The van der Waals surface area contributed by atoms with Gasteiger partial charge in [-0.2, -0.15) is 0 Å². The molecule has 4 unspecified atom stereocenters. The Morgan fingerprint density at radius 1 is 0.625 bits per heavy atom. The Morgan fingerprint density at radius 3 is 2.35 bits per heavy atom. The summed E-state index contributed by atoms with van der Waals surface area (Å²) < 4.78 is 0. The van der Waals surface area contributed by atoms with Crippen LogP contribution in [0.5, 0.6) is 0 Å². The zero-order valence-electron chi connectivity index (χ0n) is 27.6. The number of benzene rings is 2. The Kier molecular flexibility index (Phi) is 7.70. The third-order valence-corrected chi connectivity index (χ3v) is 11.3. The molecule has 7 aliphatic carbocycles. The number of anilines is 1. The van der Waals surface area contributed by atoms with E-state index in [-0.39, 0.29) is 6.04 Å². The molecule has 0 bridgehead atoms. The minimum absolute atomic E-state index is 0.233. The highest BCUT2D eigenvalue weighted by molar-refractivity contribution is 5.79. The average molecular weight is 622 g/mol. The van der Waals surface area contributed by atoms with Crippen molar-refractivity contribution in [3.8, 4) is 0 Å². The molecule has 9 rings (SSSR count). The van der Waals surface area contributed by atoms with Crippen molar-refractivity contribution in [3.63, 3.8) is 0 Å². The summed E-state index contributed by atoms with van der Waals surface area (Å²) in [4.78, 5) is 2.67. The van der Waals surface area contributed by atoms with Gasteiger partial charge in [0, 0.05) is 35.1 Å². The van der Waals surface area contributed by atoms with E-state index >= 15 is 0 Å². The van der Waals surface area contributed by atoms with E-state index in [9.17, 15) is 0 Å². The summed E-state index contributed by atoms with van der Waals surface area (Å²) in [6.45, 7) is 0. The molecule has 1 nitrogen and oxygen atoms in total. The molecule has 236 valence electrons. The largest absolute Gasteiger partial charge is 0.334 e. The van der Waals surface area contributed by atoms with Gasteiger partial charge < -0.3 is 4.90 Å². The lowest BCUT2D eigenvalue weighted by molar-refractivity contribution is 0.560. The lowest BCUT2D eigenvalue weighted by atomic mass is 9.81. The second-order valence-corrected chi connectivity index (χ2v) is 14.2. The fraction of sp³-hybridized carbons (Fsp3) is 0.234. The maximum absolute atomic E-state index is 2.67. The van der Waals surface area contributed by atoms with Crippen molar-refractivity contribution in [1.82, 2.24) is 0 Å². The lowest BCUT2D eigenvalue weighted by Gasteiger charge is -2.37. The minimum Gasteiger partial charge on any atom is -0.334 e. The van der Waals surface area contributed by atoms with Crippen molar-refractivity contribution < 1.29 is 0 Å². The summed E-state index contributed by atoms with van der Waals surface area (Å²) in [6, 6.07) is 16.7. The Balaban J connectivity index is 1.09. The van der Waals surface area contributed by atoms with Gasteiger partial charge in [-0.1, -0.05) is 134 Å². The zero-order valence-corrected chi connectivity index (χ0v) is 27.6. The van der Waals surface area contributed by atoms with E-state index in [4.69, 9.17) is 0 Å². The average Bonchev–Trinajstić information content (AvgIpc) is 3.32. The summed E-state index contributed by atoms with van der Waals surface area (Å²) in [5, 5.41) is 0. The summed E-state index contributed by atoms with van der Waals surface area (Å²) in [5.41, 5.74) is 13.8. The normalized spacial score (nSPS) is 27.8. The molecule has 0 amide bonds. The summed E-state index contributed by atoms with van der Waals surface area (Å²) in [7, 11) is 0. The molecule has 1 heteroatoms. The van der Waals surface area contributed by atoms with Gasteiger partial charge in [-0.25, -0.2) is 0 Å². The predicted octanol–water partition coefficient (Wildman–Crippen LogP) is 11.5. The first kappa shape index (κ1) is 29.3. The van der Waals surface area contributed by atoms with Gasteiger partial charge in [0.05, 0.1) is 6.04 Å². The molecule has 0 aromatic heterocycles. The molecule has 48 heavy (non-hydrogen) atoms. The van der Waals surface area contributed by atoms with Crippen LogP contribution in [0.4, 0.5) is 5.69 Å². The zero-order chi connectivity index (χ0) is 31.9. The van der Waals surface area contributed by atoms with E-state index in [2.05, 4.69) is 163 Å². The highest BCUT2D eigenvalue weighted by Crippen LogP contribution is 2.43. The first-order chi connectivity index (χ1) is 23.8. The maximum atomic E-state index is 2.67. The van der Waals surface area contributed by atoms with Gasteiger partial charge in [0.1, 0.15) is 0 Å².